The third-order valence-corrected chi connectivity index (χ3v) is 3.02. The molecule has 0 atom stereocenters. The number of nitrogens with one attached hydrogen (secondary N) is 2. The quantitative estimate of drug-likeness (QED) is 0.455. The van der Waals surface area contributed by atoms with Gasteiger partial charge in [0.25, 0.3) is 0 Å². The lowest BCUT2D eigenvalue weighted by Gasteiger charge is -2.11. The van der Waals surface area contributed by atoms with Gasteiger partial charge >= 0.3 is 6.03 Å². The van der Waals surface area contributed by atoms with E-state index in [1.807, 2.05) is 37.3 Å². The Balaban J connectivity index is 2.11. The molecule has 5 heteroatoms. The van der Waals surface area contributed by atoms with Crippen molar-refractivity contribution in [1.82, 2.24) is 0 Å². The van der Waals surface area contributed by atoms with E-state index in [1.54, 1.807) is 25.1 Å². The number of rotatable bonds is 3. The summed E-state index contributed by atoms with van der Waals surface area (Å²) in [5, 5.41) is 17.5. The van der Waals surface area contributed by atoms with E-state index >= 15 is 0 Å². The number of carbonyl (C=O) groups is 1. The molecular formula is C16H17N3O2. The Morgan fingerprint density at radius 1 is 1.05 bits per heavy atom. The van der Waals surface area contributed by atoms with Crippen LogP contribution in [-0.4, -0.2) is 17.0 Å². The van der Waals surface area contributed by atoms with Crippen LogP contribution in [0.25, 0.3) is 0 Å². The average molecular weight is 283 g/mol. The third-order valence-electron chi connectivity index (χ3n) is 3.02. The summed E-state index contributed by atoms with van der Waals surface area (Å²) in [5.41, 5.74) is 3.52. The van der Waals surface area contributed by atoms with Gasteiger partial charge in [0.2, 0.25) is 0 Å². The van der Waals surface area contributed by atoms with Crippen LogP contribution in [0.15, 0.2) is 53.7 Å². The third kappa shape index (κ3) is 3.82. The number of carbonyl (C=O) groups excluding carboxylic acids is 1. The maximum Gasteiger partial charge on any atom is 0.323 e. The zero-order chi connectivity index (χ0) is 15.2. The molecule has 0 radical (unpaired) electrons. The SMILES string of the molecule is C/C(=N\O)c1ccccc1NC(=O)Nc1ccc(C)cc1. The number of aryl methyl sites for hydroxylation is 1. The first-order valence-electron chi connectivity index (χ1n) is 6.53. The summed E-state index contributed by atoms with van der Waals surface area (Å²) in [6.07, 6.45) is 0. The van der Waals surface area contributed by atoms with E-state index in [1.165, 1.54) is 0 Å². The number of nitrogens with zero attached hydrogens (tertiary/aromatic N) is 1. The second kappa shape index (κ2) is 6.56. The van der Waals surface area contributed by atoms with Gasteiger partial charge in [-0.25, -0.2) is 4.79 Å². The van der Waals surface area contributed by atoms with Gasteiger partial charge < -0.3 is 15.8 Å². The minimum absolute atomic E-state index is 0.350. The standard InChI is InChI=1S/C16H17N3O2/c1-11-7-9-13(10-8-11)17-16(20)18-15-6-4-3-5-14(15)12(2)19-21/h3-10,21H,1-2H3,(H2,17,18,20)/b19-12+. The Morgan fingerprint density at radius 3 is 2.38 bits per heavy atom. The Bertz CT molecular complexity index is 663. The number of anilines is 2. The molecule has 2 aromatic rings. The second-order valence-corrected chi connectivity index (χ2v) is 4.68. The van der Waals surface area contributed by atoms with Gasteiger partial charge in [0.1, 0.15) is 0 Å². The molecule has 0 unspecified atom stereocenters. The van der Waals surface area contributed by atoms with Gasteiger partial charge in [-0.2, -0.15) is 0 Å². The molecule has 0 heterocycles. The molecule has 108 valence electrons. The fourth-order valence-electron chi connectivity index (χ4n) is 1.88. The predicted octanol–water partition coefficient (Wildman–Crippen LogP) is 3.84. The molecular weight excluding hydrogens is 266 g/mol. The van der Waals surface area contributed by atoms with Gasteiger partial charge in [-0.15, -0.1) is 0 Å². The van der Waals surface area contributed by atoms with Crippen molar-refractivity contribution in [2.45, 2.75) is 13.8 Å². The van der Waals surface area contributed by atoms with Crippen LogP contribution in [0.4, 0.5) is 16.2 Å². The number of hydrogen-bond donors (Lipinski definition) is 3. The van der Waals surface area contributed by atoms with Gasteiger partial charge in [0.05, 0.1) is 11.4 Å². The fraction of sp³-hybridized carbons (Fsp3) is 0.125. The van der Waals surface area contributed by atoms with Crippen molar-refractivity contribution in [3.63, 3.8) is 0 Å². The zero-order valence-electron chi connectivity index (χ0n) is 11.9. The summed E-state index contributed by atoms with van der Waals surface area (Å²) in [4.78, 5) is 12.0. The summed E-state index contributed by atoms with van der Waals surface area (Å²) in [6, 6.07) is 14.3. The number of urea groups is 1. The van der Waals surface area contributed by atoms with Crippen LogP contribution < -0.4 is 10.6 Å². The number of oxime groups is 1. The van der Waals surface area contributed by atoms with Crippen molar-refractivity contribution < 1.29 is 10.0 Å². The second-order valence-electron chi connectivity index (χ2n) is 4.68. The summed E-state index contributed by atoms with van der Waals surface area (Å²) in [5.74, 6) is 0. The molecule has 3 N–H and O–H groups in total. The lowest BCUT2D eigenvalue weighted by Crippen LogP contribution is -2.20. The van der Waals surface area contributed by atoms with Gasteiger partial charge in [0, 0.05) is 11.3 Å². The molecule has 5 nitrogen and oxygen atoms in total. The molecule has 21 heavy (non-hydrogen) atoms. The van der Waals surface area contributed by atoms with Crippen molar-refractivity contribution in [3.05, 3.63) is 59.7 Å². The molecule has 2 amide bonds. The number of amides is 2. The normalized spacial score (nSPS) is 11.0. The lowest BCUT2D eigenvalue weighted by atomic mass is 10.1. The smallest absolute Gasteiger partial charge is 0.323 e. The molecule has 2 rings (SSSR count). The summed E-state index contributed by atoms with van der Waals surface area (Å²) < 4.78 is 0. The van der Waals surface area contributed by atoms with Crippen LogP contribution in [0.5, 0.6) is 0 Å². The summed E-state index contributed by atoms with van der Waals surface area (Å²) in [7, 11) is 0. The Labute approximate surface area is 123 Å². The van der Waals surface area contributed by atoms with Crippen LogP contribution in [0.2, 0.25) is 0 Å². The maximum atomic E-state index is 12.0. The molecule has 0 saturated heterocycles. The van der Waals surface area contributed by atoms with E-state index in [4.69, 9.17) is 5.21 Å². The van der Waals surface area contributed by atoms with Crippen LogP contribution in [0, 0.1) is 6.92 Å². The van der Waals surface area contributed by atoms with E-state index < -0.39 is 0 Å². The fourth-order valence-corrected chi connectivity index (χ4v) is 1.88. The molecule has 0 aliphatic rings. The van der Waals surface area contributed by atoms with E-state index in [9.17, 15) is 4.79 Å². The largest absolute Gasteiger partial charge is 0.411 e. The van der Waals surface area contributed by atoms with E-state index in [2.05, 4.69) is 15.8 Å². The van der Waals surface area contributed by atoms with Crippen molar-refractivity contribution >= 4 is 23.1 Å². The number of benzene rings is 2. The van der Waals surface area contributed by atoms with E-state index in [-0.39, 0.29) is 6.03 Å². The van der Waals surface area contributed by atoms with E-state index in [0.717, 1.165) is 5.56 Å². The van der Waals surface area contributed by atoms with Crippen LogP contribution in [0.3, 0.4) is 0 Å². The van der Waals surface area contributed by atoms with Gasteiger partial charge in [0.15, 0.2) is 0 Å². The Kier molecular flexibility index (Phi) is 4.56. The minimum Gasteiger partial charge on any atom is -0.411 e. The minimum atomic E-state index is -0.350. The first kappa shape index (κ1) is 14.6. The predicted molar refractivity (Wildman–Crippen MR) is 84.3 cm³/mol. The zero-order valence-corrected chi connectivity index (χ0v) is 11.9. The molecule has 0 spiro atoms. The van der Waals surface area contributed by atoms with Gasteiger partial charge in [-0.1, -0.05) is 41.1 Å². The number of para-hydroxylation sites is 1. The van der Waals surface area contributed by atoms with Crippen LogP contribution >= 0.6 is 0 Å². The average Bonchev–Trinajstić information content (AvgIpc) is 2.49. The maximum absolute atomic E-state index is 12.0. The highest BCUT2D eigenvalue weighted by atomic mass is 16.4. The highest BCUT2D eigenvalue weighted by Crippen LogP contribution is 2.17. The van der Waals surface area contributed by atoms with Gasteiger partial charge in [-0.3, -0.25) is 0 Å². The van der Waals surface area contributed by atoms with Crippen molar-refractivity contribution in [2.24, 2.45) is 5.16 Å². The number of hydrogen-bond acceptors (Lipinski definition) is 3. The van der Waals surface area contributed by atoms with Crippen molar-refractivity contribution in [2.75, 3.05) is 10.6 Å². The Hall–Kier alpha value is -2.82. The molecule has 0 fully saturated rings. The molecule has 0 aliphatic heterocycles. The molecule has 2 aromatic carbocycles. The first-order chi connectivity index (χ1) is 10.1. The monoisotopic (exact) mass is 283 g/mol. The highest BCUT2D eigenvalue weighted by molar-refractivity contribution is 6.08. The van der Waals surface area contributed by atoms with Crippen LogP contribution in [-0.2, 0) is 0 Å². The van der Waals surface area contributed by atoms with Crippen LogP contribution in [0.1, 0.15) is 18.1 Å². The first-order valence-corrected chi connectivity index (χ1v) is 6.53. The van der Waals surface area contributed by atoms with E-state index in [0.29, 0.717) is 22.6 Å². The summed E-state index contributed by atoms with van der Waals surface area (Å²) in [6.45, 7) is 3.65. The molecule has 0 saturated carbocycles. The topological polar surface area (TPSA) is 73.7 Å². The molecule has 0 aliphatic carbocycles. The molecule has 0 aromatic heterocycles. The highest BCUT2D eigenvalue weighted by Gasteiger charge is 2.08. The van der Waals surface area contributed by atoms with Crippen molar-refractivity contribution in [3.8, 4) is 0 Å². The van der Waals surface area contributed by atoms with Crippen molar-refractivity contribution in [1.29, 1.82) is 0 Å². The lowest BCUT2D eigenvalue weighted by molar-refractivity contribution is 0.262. The van der Waals surface area contributed by atoms with Gasteiger partial charge in [-0.05, 0) is 32.0 Å². The molecule has 0 bridgehead atoms. The Morgan fingerprint density at radius 2 is 1.71 bits per heavy atom. The summed E-state index contributed by atoms with van der Waals surface area (Å²) >= 11 is 0.